The molecule has 21 heavy (non-hydrogen) atoms. The molecule has 1 saturated carbocycles. The van der Waals surface area contributed by atoms with E-state index >= 15 is 0 Å². The van der Waals surface area contributed by atoms with Crippen LogP contribution in [0.15, 0.2) is 24.3 Å². The lowest BCUT2D eigenvalue weighted by molar-refractivity contribution is -0.131. The van der Waals surface area contributed by atoms with Gasteiger partial charge in [-0.2, -0.15) is 0 Å². The van der Waals surface area contributed by atoms with E-state index in [0.717, 1.165) is 25.9 Å². The highest BCUT2D eigenvalue weighted by molar-refractivity contribution is 5.78. The third kappa shape index (κ3) is 3.65. The molecule has 0 bridgehead atoms. The Morgan fingerprint density at radius 3 is 2.48 bits per heavy atom. The summed E-state index contributed by atoms with van der Waals surface area (Å²) in [5.41, 5.74) is 2.76. The van der Waals surface area contributed by atoms with Gasteiger partial charge in [-0.25, -0.2) is 0 Å². The van der Waals surface area contributed by atoms with Gasteiger partial charge in [0.05, 0.1) is 6.54 Å². The molecule has 1 heterocycles. The van der Waals surface area contributed by atoms with Gasteiger partial charge in [-0.3, -0.25) is 4.79 Å². The summed E-state index contributed by atoms with van der Waals surface area (Å²) >= 11 is 0. The van der Waals surface area contributed by atoms with Crippen molar-refractivity contribution < 1.29 is 4.79 Å². The van der Waals surface area contributed by atoms with Crippen LogP contribution < -0.4 is 5.32 Å². The van der Waals surface area contributed by atoms with E-state index in [1.165, 1.54) is 30.4 Å². The topological polar surface area (TPSA) is 32.3 Å². The molecule has 2 aliphatic rings. The zero-order valence-electron chi connectivity index (χ0n) is 13.0. The molecule has 1 aromatic rings. The fourth-order valence-corrected chi connectivity index (χ4v) is 3.38. The number of carbonyl (C=O) groups excluding carboxylic acids is 1. The molecule has 1 amide bonds. The maximum absolute atomic E-state index is 12.1. The molecule has 0 radical (unpaired) electrons. The SMILES string of the molecule is Cc1ccc(C2CC(NCC(=O)N3CCCCC3)C2)cc1. The quantitative estimate of drug-likeness (QED) is 0.923. The van der Waals surface area contributed by atoms with Crippen LogP contribution in [0.5, 0.6) is 0 Å². The lowest BCUT2D eigenvalue weighted by Crippen LogP contribution is -2.47. The highest BCUT2D eigenvalue weighted by atomic mass is 16.2. The van der Waals surface area contributed by atoms with Crippen molar-refractivity contribution in [1.29, 1.82) is 0 Å². The number of piperidine rings is 1. The highest BCUT2D eigenvalue weighted by Crippen LogP contribution is 2.36. The van der Waals surface area contributed by atoms with Gasteiger partial charge in [0, 0.05) is 19.1 Å². The van der Waals surface area contributed by atoms with E-state index in [9.17, 15) is 4.79 Å². The lowest BCUT2D eigenvalue weighted by atomic mass is 9.76. The standard InChI is InChI=1S/C18H26N2O/c1-14-5-7-15(8-6-14)16-11-17(12-16)19-13-18(21)20-9-3-2-4-10-20/h5-8,16-17,19H,2-4,9-13H2,1H3. The van der Waals surface area contributed by atoms with Crippen LogP contribution >= 0.6 is 0 Å². The molecule has 0 unspecified atom stereocenters. The van der Waals surface area contributed by atoms with Crippen molar-refractivity contribution >= 4 is 5.91 Å². The van der Waals surface area contributed by atoms with Gasteiger partial charge in [-0.05, 0) is 50.5 Å². The first kappa shape index (κ1) is 14.6. The number of rotatable bonds is 4. The maximum Gasteiger partial charge on any atom is 0.236 e. The number of amides is 1. The fraction of sp³-hybridized carbons (Fsp3) is 0.611. The summed E-state index contributed by atoms with van der Waals surface area (Å²) < 4.78 is 0. The largest absolute Gasteiger partial charge is 0.342 e. The van der Waals surface area contributed by atoms with Gasteiger partial charge >= 0.3 is 0 Å². The molecule has 0 atom stereocenters. The van der Waals surface area contributed by atoms with Crippen LogP contribution in [0.2, 0.25) is 0 Å². The van der Waals surface area contributed by atoms with Crippen molar-refractivity contribution in [2.24, 2.45) is 0 Å². The van der Waals surface area contributed by atoms with Gasteiger partial charge in [0.1, 0.15) is 0 Å². The van der Waals surface area contributed by atoms with Crippen molar-refractivity contribution in [3.8, 4) is 0 Å². The van der Waals surface area contributed by atoms with Crippen molar-refractivity contribution in [3.05, 3.63) is 35.4 Å². The van der Waals surface area contributed by atoms with E-state index in [2.05, 4.69) is 36.5 Å². The molecule has 3 nitrogen and oxygen atoms in total. The predicted octanol–water partition coefficient (Wildman–Crippen LogP) is 2.84. The van der Waals surface area contributed by atoms with Crippen molar-refractivity contribution in [2.45, 2.75) is 51.0 Å². The van der Waals surface area contributed by atoms with Gasteiger partial charge < -0.3 is 10.2 Å². The number of likely N-dealkylation sites (tertiary alicyclic amines) is 1. The second kappa shape index (κ2) is 6.61. The minimum Gasteiger partial charge on any atom is -0.342 e. The van der Waals surface area contributed by atoms with Crippen LogP contribution in [-0.2, 0) is 4.79 Å². The number of benzene rings is 1. The Morgan fingerprint density at radius 1 is 1.14 bits per heavy atom. The number of nitrogens with zero attached hydrogens (tertiary/aromatic N) is 1. The number of hydrogen-bond donors (Lipinski definition) is 1. The Bertz CT molecular complexity index is 470. The highest BCUT2D eigenvalue weighted by Gasteiger charge is 2.30. The van der Waals surface area contributed by atoms with Crippen LogP contribution in [0.4, 0.5) is 0 Å². The molecule has 1 aliphatic heterocycles. The number of carbonyl (C=O) groups is 1. The molecule has 0 aromatic heterocycles. The van der Waals surface area contributed by atoms with Gasteiger partial charge in [0.15, 0.2) is 0 Å². The monoisotopic (exact) mass is 286 g/mol. The molecule has 0 spiro atoms. The van der Waals surface area contributed by atoms with Crippen LogP contribution in [0.1, 0.15) is 49.1 Å². The zero-order valence-corrected chi connectivity index (χ0v) is 13.0. The minimum absolute atomic E-state index is 0.286. The summed E-state index contributed by atoms with van der Waals surface area (Å²) in [7, 11) is 0. The lowest BCUT2D eigenvalue weighted by Gasteiger charge is -2.37. The average molecular weight is 286 g/mol. The fourth-order valence-electron chi connectivity index (χ4n) is 3.38. The molecule has 1 aliphatic carbocycles. The first-order chi connectivity index (χ1) is 10.2. The number of aryl methyl sites for hydroxylation is 1. The van der Waals surface area contributed by atoms with E-state index in [1.807, 2.05) is 4.90 Å². The van der Waals surface area contributed by atoms with Gasteiger partial charge in [0.2, 0.25) is 5.91 Å². The minimum atomic E-state index is 0.286. The first-order valence-electron chi connectivity index (χ1n) is 8.30. The smallest absolute Gasteiger partial charge is 0.236 e. The molecule has 2 fully saturated rings. The normalized spacial score (nSPS) is 25.5. The van der Waals surface area contributed by atoms with Crippen molar-refractivity contribution in [1.82, 2.24) is 10.2 Å². The molecule has 1 saturated heterocycles. The molecule has 3 heteroatoms. The number of hydrogen-bond acceptors (Lipinski definition) is 2. The summed E-state index contributed by atoms with van der Waals surface area (Å²) in [6.45, 7) is 4.56. The van der Waals surface area contributed by atoms with Gasteiger partial charge in [0.25, 0.3) is 0 Å². The maximum atomic E-state index is 12.1. The third-order valence-corrected chi connectivity index (χ3v) is 4.94. The average Bonchev–Trinajstić information content (AvgIpc) is 2.48. The van der Waals surface area contributed by atoms with Crippen molar-refractivity contribution in [3.63, 3.8) is 0 Å². The van der Waals surface area contributed by atoms with Gasteiger partial charge in [-0.1, -0.05) is 29.8 Å². The van der Waals surface area contributed by atoms with Gasteiger partial charge in [-0.15, -0.1) is 0 Å². The van der Waals surface area contributed by atoms with E-state index in [-0.39, 0.29) is 5.91 Å². The molecular weight excluding hydrogens is 260 g/mol. The molecular formula is C18H26N2O. The Labute approximate surface area is 127 Å². The van der Waals surface area contributed by atoms with Crippen LogP contribution in [0.25, 0.3) is 0 Å². The summed E-state index contributed by atoms with van der Waals surface area (Å²) in [4.78, 5) is 14.1. The second-order valence-electron chi connectivity index (χ2n) is 6.60. The Balaban J connectivity index is 1.38. The Morgan fingerprint density at radius 2 is 1.81 bits per heavy atom. The predicted molar refractivity (Wildman–Crippen MR) is 85.4 cm³/mol. The Hall–Kier alpha value is -1.35. The summed E-state index contributed by atoms with van der Waals surface area (Å²) in [6, 6.07) is 9.39. The molecule has 1 N–H and O–H groups in total. The first-order valence-corrected chi connectivity index (χ1v) is 8.30. The van der Waals surface area contributed by atoms with E-state index in [4.69, 9.17) is 0 Å². The second-order valence-corrected chi connectivity index (χ2v) is 6.60. The van der Waals surface area contributed by atoms with Crippen molar-refractivity contribution in [2.75, 3.05) is 19.6 Å². The Kier molecular flexibility index (Phi) is 4.59. The molecule has 3 rings (SSSR count). The molecule has 1 aromatic carbocycles. The van der Waals surface area contributed by atoms with Crippen LogP contribution in [0, 0.1) is 6.92 Å². The van der Waals surface area contributed by atoms with Crippen LogP contribution in [-0.4, -0.2) is 36.5 Å². The van der Waals surface area contributed by atoms with E-state index in [1.54, 1.807) is 0 Å². The third-order valence-electron chi connectivity index (χ3n) is 4.94. The van der Waals surface area contributed by atoms with E-state index < -0.39 is 0 Å². The number of nitrogens with one attached hydrogen (secondary N) is 1. The zero-order chi connectivity index (χ0) is 14.7. The summed E-state index contributed by atoms with van der Waals surface area (Å²) in [6.07, 6.45) is 5.94. The van der Waals surface area contributed by atoms with E-state index in [0.29, 0.717) is 18.5 Å². The summed E-state index contributed by atoms with van der Waals surface area (Å²) in [5.74, 6) is 0.960. The molecule has 114 valence electrons. The summed E-state index contributed by atoms with van der Waals surface area (Å²) in [5, 5.41) is 3.44. The van der Waals surface area contributed by atoms with Crippen LogP contribution in [0.3, 0.4) is 0 Å².